The lowest BCUT2D eigenvalue weighted by molar-refractivity contribution is 0.584. The number of hydrogen-bond donors (Lipinski definition) is 2. The average Bonchev–Trinajstić information content (AvgIpc) is 2.71. The van der Waals surface area contributed by atoms with Crippen LogP contribution in [0.4, 0.5) is 0 Å². The molecule has 0 saturated carbocycles. The molecule has 0 unspecified atom stereocenters. The van der Waals surface area contributed by atoms with Gasteiger partial charge in [0.05, 0.1) is 9.79 Å². The highest BCUT2D eigenvalue weighted by molar-refractivity contribution is 7.89. The molecule has 0 heterocycles. The lowest BCUT2D eigenvalue weighted by Gasteiger charge is -2.04. The zero-order chi connectivity index (χ0) is 22.6. The van der Waals surface area contributed by atoms with Crippen LogP contribution in [0.5, 0.6) is 0 Å². The van der Waals surface area contributed by atoms with Gasteiger partial charge in [0.2, 0.25) is 20.0 Å². The molecule has 2 rings (SSSR count). The van der Waals surface area contributed by atoms with Gasteiger partial charge in [-0.05, 0) is 44.5 Å². The zero-order valence-electron chi connectivity index (χ0n) is 17.6. The van der Waals surface area contributed by atoms with Crippen LogP contribution in [0.2, 0.25) is 0 Å². The van der Waals surface area contributed by atoms with Crippen molar-refractivity contribution in [3.05, 3.63) is 84.5 Å². The third kappa shape index (κ3) is 10.5. The minimum Gasteiger partial charge on any atom is -0.207 e. The first-order valence-corrected chi connectivity index (χ1v) is 12.5. The monoisotopic (exact) mass is 466 g/mol. The van der Waals surface area contributed by atoms with Gasteiger partial charge in [0.25, 0.3) is 0 Å². The van der Waals surface area contributed by atoms with Crippen LogP contribution in [-0.4, -0.2) is 29.9 Å². The summed E-state index contributed by atoms with van der Waals surface area (Å²) in [5.74, 6) is 0. The van der Waals surface area contributed by atoms with Crippen LogP contribution >= 0.6 is 0 Å². The zero-order valence-corrected chi connectivity index (χ0v) is 19.3. The minimum absolute atomic E-state index is 0. The summed E-state index contributed by atoms with van der Waals surface area (Å²) in [5, 5.41) is 0. The highest BCUT2D eigenvalue weighted by atomic mass is 32.2. The third-order valence-corrected chi connectivity index (χ3v) is 6.75. The number of aryl methyl sites for hydroxylation is 2. The third-order valence-electron chi connectivity index (χ3n) is 3.87. The molecule has 0 amide bonds. The number of sulfonamides is 2. The molecule has 0 aromatic heterocycles. The summed E-state index contributed by atoms with van der Waals surface area (Å²) >= 11 is 0. The van der Waals surface area contributed by atoms with Crippen LogP contribution in [0.1, 0.15) is 31.9 Å². The maximum atomic E-state index is 11.8. The Balaban J connectivity index is 0.000000567. The van der Waals surface area contributed by atoms with Gasteiger partial charge in [-0.1, -0.05) is 68.0 Å². The molecule has 2 aromatic rings. The van der Waals surface area contributed by atoms with E-state index in [1.54, 1.807) is 48.5 Å². The van der Waals surface area contributed by atoms with Crippen molar-refractivity contribution in [2.24, 2.45) is 0 Å². The quantitative estimate of drug-likeness (QED) is 0.538. The van der Waals surface area contributed by atoms with Gasteiger partial charge in [-0.3, -0.25) is 0 Å². The van der Waals surface area contributed by atoms with Crippen molar-refractivity contribution in [1.82, 2.24) is 9.44 Å². The molecule has 31 heavy (non-hydrogen) atoms. The second kappa shape index (κ2) is 13.9. The Morgan fingerprint density at radius 1 is 0.742 bits per heavy atom. The summed E-state index contributed by atoms with van der Waals surface area (Å²) in [7, 11) is -6.72. The van der Waals surface area contributed by atoms with Crippen LogP contribution in [0.25, 0.3) is 0 Å². The van der Waals surface area contributed by atoms with Gasteiger partial charge in [0.1, 0.15) is 0 Å². The summed E-state index contributed by atoms with van der Waals surface area (Å²) < 4.78 is 51.5. The Labute approximate surface area is 188 Å². The molecule has 0 saturated heterocycles. The highest BCUT2D eigenvalue weighted by Crippen LogP contribution is 2.10. The van der Waals surface area contributed by atoms with Gasteiger partial charge < -0.3 is 0 Å². The fraction of sp³-hybridized carbons (Fsp3) is 0.304. The molecule has 0 bridgehead atoms. The molecule has 0 fully saturated rings. The Bertz CT molecular complexity index is 1030. The maximum Gasteiger partial charge on any atom is 0.240 e. The van der Waals surface area contributed by atoms with Crippen molar-refractivity contribution >= 4 is 20.0 Å². The van der Waals surface area contributed by atoms with Gasteiger partial charge in [-0.25, -0.2) is 26.3 Å². The Morgan fingerprint density at radius 3 is 1.48 bits per heavy atom. The number of benzene rings is 2. The molecule has 0 aliphatic rings. The molecular weight excluding hydrogens is 432 g/mol. The summed E-state index contributed by atoms with van der Waals surface area (Å²) in [6, 6.07) is 13.5. The van der Waals surface area contributed by atoms with E-state index in [2.05, 4.69) is 16.0 Å². The Hall–Kier alpha value is -2.26. The van der Waals surface area contributed by atoms with E-state index in [1.165, 1.54) is 6.08 Å². The highest BCUT2D eigenvalue weighted by Gasteiger charge is 2.12. The van der Waals surface area contributed by atoms with E-state index in [-0.39, 0.29) is 18.9 Å². The fourth-order valence-corrected chi connectivity index (χ4v) is 4.15. The molecule has 0 spiro atoms. The number of allylic oxidation sites excluding steroid dienone is 1. The molecule has 8 heteroatoms. The summed E-state index contributed by atoms with van der Waals surface area (Å²) in [4.78, 5) is 0.591. The van der Waals surface area contributed by atoms with E-state index in [1.807, 2.05) is 32.9 Å². The van der Waals surface area contributed by atoms with E-state index in [0.29, 0.717) is 11.4 Å². The van der Waals surface area contributed by atoms with Crippen molar-refractivity contribution < 1.29 is 16.8 Å². The predicted molar refractivity (Wildman–Crippen MR) is 129 cm³/mol. The number of rotatable bonds is 9. The van der Waals surface area contributed by atoms with Crippen molar-refractivity contribution in [2.75, 3.05) is 13.1 Å². The van der Waals surface area contributed by atoms with Crippen molar-refractivity contribution in [3.8, 4) is 0 Å². The molecule has 0 atom stereocenters. The molecule has 0 aliphatic heterocycles. The smallest absolute Gasteiger partial charge is 0.207 e. The van der Waals surface area contributed by atoms with Crippen LogP contribution in [-0.2, 0) is 20.0 Å². The first kappa shape index (κ1) is 28.7. The van der Waals surface area contributed by atoms with E-state index < -0.39 is 20.0 Å². The summed E-state index contributed by atoms with van der Waals surface area (Å²) in [5.41, 5.74) is 2.08. The molecule has 2 N–H and O–H groups in total. The van der Waals surface area contributed by atoms with E-state index in [0.717, 1.165) is 17.5 Å². The fourth-order valence-electron chi connectivity index (χ4n) is 2.18. The summed E-state index contributed by atoms with van der Waals surface area (Å²) in [6.07, 6.45) is 6.15. The number of hydrogen-bond acceptors (Lipinski definition) is 4. The lowest BCUT2D eigenvalue weighted by Crippen LogP contribution is -2.23. The normalized spacial score (nSPS) is 11.3. The lowest BCUT2D eigenvalue weighted by atomic mass is 10.2. The first-order valence-electron chi connectivity index (χ1n) is 9.51. The Kier molecular flexibility index (Phi) is 12.9. The van der Waals surface area contributed by atoms with Crippen molar-refractivity contribution in [2.45, 2.75) is 44.4 Å². The van der Waals surface area contributed by atoms with E-state index in [9.17, 15) is 16.8 Å². The topological polar surface area (TPSA) is 92.3 Å². The van der Waals surface area contributed by atoms with Gasteiger partial charge in [-0.2, -0.15) is 0 Å². The summed E-state index contributed by atoms with van der Waals surface area (Å²) in [6.45, 7) is 9.87. The van der Waals surface area contributed by atoms with Crippen molar-refractivity contribution in [3.63, 3.8) is 0 Å². The Morgan fingerprint density at radius 2 is 1.13 bits per heavy atom. The van der Waals surface area contributed by atoms with Crippen molar-refractivity contribution in [1.29, 1.82) is 0 Å². The van der Waals surface area contributed by atoms with Crippen LogP contribution in [0.15, 0.2) is 83.1 Å². The van der Waals surface area contributed by atoms with Gasteiger partial charge in [0, 0.05) is 13.1 Å². The molecule has 2 aromatic carbocycles. The second-order valence-electron chi connectivity index (χ2n) is 6.50. The van der Waals surface area contributed by atoms with E-state index in [4.69, 9.17) is 0 Å². The molecule has 0 aliphatic carbocycles. The predicted octanol–water partition coefficient (Wildman–Crippen LogP) is 4.33. The van der Waals surface area contributed by atoms with Crippen LogP contribution < -0.4 is 9.44 Å². The molecule has 6 nitrogen and oxygen atoms in total. The molecule has 172 valence electrons. The molecular formula is C23H34N2O4S2. The van der Waals surface area contributed by atoms with Crippen LogP contribution in [0, 0.1) is 13.8 Å². The first-order chi connectivity index (χ1) is 14.1. The molecule has 0 radical (unpaired) electrons. The van der Waals surface area contributed by atoms with Gasteiger partial charge in [-0.15, -0.1) is 6.58 Å². The standard InChI is InChI=1S/C12H17NO2S.C10H13NO2S.CH4/c1-3-4-5-10-13-16(14,15)12-8-6-11(2)7-9-12;1-3-8-11-14(12,13)10-6-4-9(2)5-7-10;/h4-9,13H,3,10H2,1-2H3;3-7,11H,1,8H2,2H3;1H4. The maximum absolute atomic E-state index is 11.8. The van der Waals surface area contributed by atoms with Crippen LogP contribution in [0.3, 0.4) is 0 Å². The second-order valence-corrected chi connectivity index (χ2v) is 10.0. The van der Waals surface area contributed by atoms with Gasteiger partial charge in [0.15, 0.2) is 0 Å². The minimum atomic E-state index is -3.36. The van der Waals surface area contributed by atoms with Gasteiger partial charge >= 0.3 is 0 Å². The van der Waals surface area contributed by atoms with E-state index >= 15 is 0 Å². The number of nitrogens with one attached hydrogen (secondary N) is 2. The average molecular weight is 467 g/mol. The SMILES string of the molecule is C.C=CCNS(=O)(=O)c1ccc(C)cc1.CCC=CCNS(=O)(=O)c1ccc(C)cc1. The largest absolute Gasteiger partial charge is 0.240 e.